The number of aliphatic carboxylic acids is 2. The minimum atomic E-state index is -1.32. The third kappa shape index (κ3) is 7.51. The molecule has 0 radical (unpaired) electrons. The van der Waals surface area contributed by atoms with E-state index in [1.165, 1.54) is 0 Å². The highest BCUT2D eigenvalue weighted by atomic mass is 16.5. The third-order valence-corrected chi connectivity index (χ3v) is 8.70. The molecule has 0 aromatic heterocycles. The van der Waals surface area contributed by atoms with Crippen molar-refractivity contribution in [3.05, 3.63) is 47.6 Å². The van der Waals surface area contributed by atoms with E-state index < -0.39 is 35.2 Å². The van der Waals surface area contributed by atoms with Crippen molar-refractivity contribution in [2.45, 2.75) is 90.9 Å². The largest absolute Gasteiger partial charge is 0.478 e. The summed E-state index contributed by atoms with van der Waals surface area (Å²) in [6.45, 7) is 10.2. The molecule has 3 fully saturated rings. The van der Waals surface area contributed by atoms with Gasteiger partial charge in [0.25, 0.3) is 0 Å². The van der Waals surface area contributed by atoms with Crippen molar-refractivity contribution in [3.63, 3.8) is 0 Å². The van der Waals surface area contributed by atoms with E-state index in [0.29, 0.717) is 24.1 Å². The molecule has 0 spiro atoms. The van der Waals surface area contributed by atoms with E-state index in [9.17, 15) is 24.0 Å². The molecule has 9 heteroatoms. The molecule has 9 nitrogen and oxygen atoms in total. The summed E-state index contributed by atoms with van der Waals surface area (Å²) in [4.78, 5) is 60.5. The predicted octanol–water partition coefficient (Wildman–Crippen LogP) is 5.75. The summed E-state index contributed by atoms with van der Waals surface area (Å²) >= 11 is 0. The molecule has 3 atom stereocenters. The highest BCUT2D eigenvalue weighted by molar-refractivity contribution is 5.93. The number of carbonyl (C=O) groups excluding carboxylic acids is 3. The molecule has 1 unspecified atom stereocenters. The van der Waals surface area contributed by atoms with E-state index in [-0.39, 0.29) is 41.0 Å². The molecule has 0 aliphatic heterocycles. The number of esters is 2. The Morgan fingerprint density at radius 2 is 1.46 bits per heavy atom. The highest BCUT2D eigenvalue weighted by Crippen LogP contribution is 2.64. The average Bonchev–Trinajstić information content (AvgIpc) is 2.88. The van der Waals surface area contributed by atoms with Gasteiger partial charge in [0.2, 0.25) is 0 Å². The zero-order valence-electron chi connectivity index (χ0n) is 24.4. The normalized spacial score (nSPS) is 21.5. The second-order valence-electron chi connectivity index (χ2n) is 12.3. The number of rotatable bonds is 13. The Labute approximate surface area is 240 Å². The number of ketones is 1. The van der Waals surface area contributed by atoms with Gasteiger partial charge in [0, 0.05) is 48.1 Å². The molecular formula is C32H40O9. The van der Waals surface area contributed by atoms with Gasteiger partial charge < -0.3 is 19.7 Å². The Morgan fingerprint density at radius 1 is 0.927 bits per heavy atom. The smallest absolute Gasteiger partial charge is 0.336 e. The number of carboxylic acid groups (broad SMARTS) is 2. The second kappa shape index (κ2) is 12.8. The molecule has 0 saturated heterocycles. The van der Waals surface area contributed by atoms with Crippen LogP contribution >= 0.6 is 0 Å². The molecular weight excluding hydrogens is 528 g/mol. The van der Waals surface area contributed by atoms with Gasteiger partial charge in [-0.3, -0.25) is 4.79 Å². The first-order valence-electron chi connectivity index (χ1n) is 14.1. The van der Waals surface area contributed by atoms with E-state index in [2.05, 4.69) is 6.92 Å². The van der Waals surface area contributed by atoms with Gasteiger partial charge in [-0.2, -0.15) is 0 Å². The van der Waals surface area contributed by atoms with Crippen molar-refractivity contribution >= 4 is 29.7 Å². The maximum absolute atomic E-state index is 13.1. The Hall–Kier alpha value is -3.75. The number of unbranched alkanes of at least 4 members (excludes halogenated alkanes) is 3. The van der Waals surface area contributed by atoms with E-state index >= 15 is 0 Å². The predicted molar refractivity (Wildman–Crippen MR) is 151 cm³/mol. The van der Waals surface area contributed by atoms with Crippen molar-refractivity contribution in [2.75, 3.05) is 0 Å². The Balaban J connectivity index is 2.17. The minimum absolute atomic E-state index is 0.0390. The SMILES string of the molecule is CCCCCCC(C)(C)c1cc(OC(=O)/C=C/C(=O)O)c(C2CC(=O)[C@@H]3C[C@H]2C3(C)C)c(OC(=O)/C=C/C(=O)O)c1. The van der Waals surface area contributed by atoms with Crippen molar-refractivity contribution in [1.29, 1.82) is 0 Å². The maximum atomic E-state index is 13.1. The monoisotopic (exact) mass is 568 g/mol. The van der Waals surface area contributed by atoms with Gasteiger partial charge in [-0.25, -0.2) is 19.2 Å². The first-order chi connectivity index (χ1) is 19.2. The van der Waals surface area contributed by atoms with E-state index in [1.54, 1.807) is 12.1 Å². The van der Waals surface area contributed by atoms with Gasteiger partial charge in [0.15, 0.2) is 0 Å². The number of hydrogen-bond acceptors (Lipinski definition) is 7. The zero-order chi connectivity index (χ0) is 30.5. The summed E-state index contributed by atoms with van der Waals surface area (Å²) in [6, 6.07) is 3.43. The molecule has 3 saturated carbocycles. The lowest BCUT2D eigenvalue weighted by Gasteiger charge is -2.59. The van der Waals surface area contributed by atoms with Crippen LogP contribution in [0.25, 0.3) is 0 Å². The standard InChI is InChI=1S/C32H40O9/c1-6-7-8-9-14-31(2,3)19-15-24(40-28(38)12-10-26(34)35)30(25(16-19)41-29(39)13-11-27(36)37)20-17-23(33)22-18-21(20)32(22,4)5/h10-13,15-16,20-22H,6-9,14,17-18H2,1-5H3,(H,34,35)(H,36,37)/b12-10+,13-11+/t20?,21-,22+/m1/s1. The van der Waals surface area contributed by atoms with E-state index in [1.807, 2.05) is 27.7 Å². The lowest BCUT2D eigenvalue weighted by Crippen LogP contribution is -2.56. The molecule has 41 heavy (non-hydrogen) atoms. The fourth-order valence-corrected chi connectivity index (χ4v) is 6.22. The van der Waals surface area contributed by atoms with Crippen LogP contribution in [0.5, 0.6) is 11.5 Å². The minimum Gasteiger partial charge on any atom is -0.478 e. The second-order valence-corrected chi connectivity index (χ2v) is 12.3. The molecule has 4 rings (SSSR count). The van der Waals surface area contributed by atoms with Crippen molar-refractivity contribution in [3.8, 4) is 11.5 Å². The summed E-state index contributed by atoms with van der Waals surface area (Å²) in [7, 11) is 0. The number of carbonyl (C=O) groups is 5. The molecule has 2 N–H and O–H groups in total. The molecule has 2 bridgehead atoms. The fourth-order valence-electron chi connectivity index (χ4n) is 6.22. The summed E-state index contributed by atoms with van der Waals surface area (Å²) < 4.78 is 11.4. The lowest BCUT2D eigenvalue weighted by atomic mass is 9.44. The number of hydrogen-bond donors (Lipinski definition) is 2. The number of benzene rings is 1. The van der Waals surface area contributed by atoms with Crippen LogP contribution in [0.3, 0.4) is 0 Å². The van der Waals surface area contributed by atoms with Crippen LogP contribution < -0.4 is 9.47 Å². The number of ether oxygens (including phenoxy) is 2. The Morgan fingerprint density at radius 3 is 1.90 bits per heavy atom. The van der Waals surface area contributed by atoms with Gasteiger partial charge in [0.05, 0.1) is 0 Å². The van der Waals surface area contributed by atoms with Crippen LogP contribution in [-0.4, -0.2) is 39.9 Å². The molecule has 1 aromatic carbocycles. The van der Waals surface area contributed by atoms with Gasteiger partial charge in [0.1, 0.15) is 17.3 Å². The highest BCUT2D eigenvalue weighted by Gasteiger charge is 2.59. The molecule has 222 valence electrons. The summed E-state index contributed by atoms with van der Waals surface area (Å²) in [6.07, 6.45) is 8.73. The third-order valence-electron chi connectivity index (χ3n) is 8.70. The Kier molecular flexibility index (Phi) is 9.94. The Bertz CT molecular complexity index is 1210. The molecule has 3 aliphatic rings. The van der Waals surface area contributed by atoms with Crippen LogP contribution in [0.2, 0.25) is 0 Å². The number of Topliss-reactive ketones (excluding diaryl/α,β-unsaturated/α-hetero) is 1. The van der Waals surface area contributed by atoms with Crippen molar-refractivity contribution in [2.24, 2.45) is 17.3 Å². The van der Waals surface area contributed by atoms with Crippen LogP contribution in [0.15, 0.2) is 36.4 Å². The summed E-state index contributed by atoms with van der Waals surface area (Å²) in [5, 5.41) is 18.0. The molecule has 1 aromatic rings. The summed E-state index contributed by atoms with van der Waals surface area (Å²) in [5.74, 6) is -4.69. The van der Waals surface area contributed by atoms with Crippen LogP contribution in [0.1, 0.15) is 96.6 Å². The van der Waals surface area contributed by atoms with Crippen LogP contribution in [0.4, 0.5) is 0 Å². The maximum Gasteiger partial charge on any atom is 0.336 e. The van der Waals surface area contributed by atoms with Gasteiger partial charge in [-0.05, 0) is 47.3 Å². The van der Waals surface area contributed by atoms with E-state index in [4.69, 9.17) is 19.7 Å². The number of carboxylic acids is 2. The van der Waals surface area contributed by atoms with Gasteiger partial charge in [-0.15, -0.1) is 0 Å². The van der Waals surface area contributed by atoms with Crippen LogP contribution in [-0.2, 0) is 29.4 Å². The fraction of sp³-hybridized carbons (Fsp3) is 0.531. The lowest BCUT2D eigenvalue weighted by molar-refractivity contribution is -0.151. The van der Waals surface area contributed by atoms with Crippen LogP contribution in [0, 0.1) is 17.3 Å². The molecule has 3 aliphatic carbocycles. The molecule has 0 amide bonds. The first-order valence-corrected chi connectivity index (χ1v) is 14.1. The zero-order valence-corrected chi connectivity index (χ0v) is 24.4. The van der Waals surface area contributed by atoms with Gasteiger partial charge >= 0.3 is 23.9 Å². The van der Waals surface area contributed by atoms with E-state index in [0.717, 1.165) is 49.8 Å². The number of fused-ring (bicyclic) bond motifs is 2. The topological polar surface area (TPSA) is 144 Å². The summed E-state index contributed by atoms with van der Waals surface area (Å²) in [5.41, 5.74) is 0.354. The average molecular weight is 569 g/mol. The van der Waals surface area contributed by atoms with Gasteiger partial charge in [-0.1, -0.05) is 60.3 Å². The van der Waals surface area contributed by atoms with Crippen molar-refractivity contribution < 1.29 is 43.7 Å². The quantitative estimate of drug-likeness (QED) is 0.132. The van der Waals surface area contributed by atoms with Crippen molar-refractivity contribution in [1.82, 2.24) is 0 Å². The molecule has 0 heterocycles. The first kappa shape index (κ1) is 31.8.